The van der Waals surface area contributed by atoms with Gasteiger partial charge in [0, 0.05) is 34.8 Å². The van der Waals surface area contributed by atoms with Crippen LogP contribution in [-0.4, -0.2) is 35.7 Å². The molecular weight excluding hydrogens is 454 g/mol. The van der Waals surface area contributed by atoms with Gasteiger partial charge in [-0.05, 0) is 70.9 Å². The lowest BCUT2D eigenvalue weighted by atomic mass is 9.49. The number of pyridine rings is 1. The van der Waals surface area contributed by atoms with Gasteiger partial charge in [0.2, 0.25) is 0 Å². The lowest BCUT2D eigenvalue weighted by molar-refractivity contribution is -0.0914. The molecule has 3 N–H and O–H groups in total. The van der Waals surface area contributed by atoms with Crippen LogP contribution in [0.5, 0.6) is 5.75 Å². The van der Waals surface area contributed by atoms with Crippen molar-refractivity contribution >= 4 is 22.1 Å². The van der Waals surface area contributed by atoms with E-state index in [0.717, 1.165) is 53.2 Å². The molecule has 36 heavy (non-hydrogen) atoms. The summed E-state index contributed by atoms with van der Waals surface area (Å²) in [5, 5.41) is 11.8. The Kier molecular flexibility index (Phi) is 4.31. The third-order valence-corrected chi connectivity index (χ3v) is 8.48. The summed E-state index contributed by atoms with van der Waals surface area (Å²) in [5.74, 6) is 2.89. The minimum atomic E-state index is -0.669. The molecule has 3 heterocycles. The lowest BCUT2D eigenvalue weighted by Crippen LogP contribution is -2.61. The number of ether oxygens (including phenoxy) is 1. The Morgan fingerprint density at radius 3 is 2.56 bits per heavy atom. The van der Waals surface area contributed by atoms with Crippen molar-refractivity contribution in [3.05, 3.63) is 53.0 Å². The molecule has 4 aliphatic carbocycles. The number of rotatable bonds is 5. The highest BCUT2D eigenvalue weighted by molar-refractivity contribution is 5.94. The van der Waals surface area contributed by atoms with Gasteiger partial charge in [0.1, 0.15) is 28.6 Å². The van der Waals surface area contributed by atoms with E-state index >= 15 is 0 Å². The number of nitrogens with two attached hydrogens (primary N) is 1. The molecule has 186 valence electrons. The van der Waals surface area contributed by atoms with Crippen molar-refractivity contribution < 1.29 is 9.84 Å². The number of hydrogen-bond acceptors (Lipinski definition) is 6. The average molecular weight is 486 g/mol. The summed E-state index contributed by atoms with van der Waals surface area (Å²) < 4.78 is 10.1. The van der Waals surface area contributed by atoms with E-state index in [1.807, 2.05) is 60.3 Å². The highest BCUT2D eigenvalue weighted by atomic mass is 16.5. The van der Waals surface area contributed by atoms with Gasteiger partial charge in [0.05, 0.1) is 23.3 Å². The molecule has 0 radical (unpaired) electrons. The Hall–Kier alpha value is -3.39. The highest BCUT2D eigenvalue weighted by Gasteiger charge is 2.58. The van der Waals surface area contributed by atoms with Crippen LogP contribution in [0.4, 0.5) is 5.82 Å². The van der Waals surface area contributed by atoms with Crippen LogP contribution in [0.25, 0.3) is 27.5 Å². The van der Waals surface area contributed by atoms with E-state index in [2.05, 4.69) is 4.98 Å². The molecule has 2 bridgehead atoms. The Morgan fingerprint density at radius 2 is 1.92 bits per heavy atom. The number of imidazole rings is 1. The van der Waals surface area contributed by atoms with E-state index in [4.69, 9.17) is 15.5 Å². The molecule has 4 fully saturated rings. The zero-order valence-corrected chi connectivity index (χ0v) is 20.9. The molecule has 8 heteroatoms. The maximum Gasteiger partial charge on any atom is 0.259 e. The molecule has 1 aromatic carbocycles. The van der Waals surface area contributed by atoms with Gasteiger partial charge >= 0.3 is 0 Å². The number of aromatic nitrogens is 4. The standard InChI is InChI=1S/C28H31N5O3/c1-15(2)36-21-14-33(28-9-16(10-28)11-28)26(34)20-8-17(4-5-19(20)21)22-23-24(29)30-6-7-32(23)25(31-22)18-12-27(3,35)13-18/h4-8,14-16,18,35H,9-13H2,1-3H3,(H2,29,30). The summed E-state index contributed by atoms with van der Waals surface area (Å²) in [6, 6.07) is 5.87. The van der Waals surface area contributed by atoms with E-state index < -0.39 is 5.60 Å². The third kappa shape index (κ3) is 3.00. The number of hydrogen-bond donors (Lipinski definition) is 2. The molecule has 0 aliphatic heterocycles. The summed E-state index contributed by atoms with van der Waals surface area (Å²) in [7, 11) is 0. The van der Waals surface area contributed by atoms with Crippen LogP contribution in [0, 0.1) is 5.92 Å². The average Bonchev–Trinajstić information content (AvgIpc) is 3.13. The quantitative estimate of drug-likeness (QED) is 0.438. The van der Waals surface area contributed by atoms with Gasteiger partial charge in [0.25, 0.3) is 5.56 Å². The topological polar surface area (TPSA) is 108 Å². The second kappa shape index (κ2) is 7.09. The molecular formula is C28H31N5O3. The second-order valence-electron chi connectivity index (χ2n) is 11.8. The Morgan fingerprint density at radius 1 is 1.17 bits per heavy atom. The fourth-order valence-corrected chi connectivity index (χ4v) is 6.65. The minimum absolute atomic E-state index is 0.00272. The first-order valence-corrected chi connectivity index (χ1v) is 12.9. The monoisotopic (exact) mass is 485 g/mol. The van der Waals surface area contributed by atoms with Crippen LogP contribution >= 0.6 is 0 Å². The lowest BCUT2D eigenvalue weighted by Gasteiger charge is -2.62. The number of nitrogen functional groups attached to an aromatic ring is 1. The van der Waals surface area contributed by atoms with E-state index in [0.29, 0.717) is 29.7 Å². The predicted octanol–water partition coefficient (Wildman–Crippen LogP) is 4.22. The van der Waals surface area contributed by atoms with Crippen molar-refractivity contribution in [2.45, 2.75) is 76.0 Å². The van der Waals surface area contributed by atoms with Gasteiger partial charge in [-0.2, -0.15) is 0 Å². The number of anilines is 1. The van der Waals surface area contributed by atoms with E-state index in [1.54, 1.807) is 6.20 Å². The number of nitrogens with zero attached hydrogens (tertiary/aromatic N) is 4. The molecule has 0 spiro atoms. The Bertz CT molecular complexity index is 1590. The molecule has 8 rings (SSSR count). The molecule has 0 saturated heterocycles. The highest BCUT2D eigenvalue weighted by Crippen LogP contribution is 2.62. The fourth-order valence-electron chi connectivity index (χ4n) is 6.65. The van der Waals surface area contributed by atoms with Crippen LogP contribution < -0.4 is 16.0 Å². The smallest absolute Gasteiger partial charge is 0.259 e. The number of benzene rings is 1. The van der Waals surface area contributed by atoms with Gasteiger partial charge in [-0.15, -0.1) is 0 Å². The molecule has 4 saturated carbocycles. The van der Waals surface area contributed by atoms with Crippen molar-refractivity contribution in [1.82, 2.24) is 18.9 Å². The predicted molar refractivity (Wildman–Crippen MR) is 138 cm³/mol. The molecule has 0 atom stereocenters. The molecule has 8 nitrogen and oxygen atoms in total. The summed E-state index contributed by atoms with van der Waals surface area (Å²) in [4.78, 5) is 23.1. The van der Waals surface area contributed by atoms with E-state index in [9.17, 15) is 9.90 Å². The summed E-state index contributed by atoms with van der Waals surface area (Å²) in [6.07, 6.45) is 9.98. The van der Waals surface area contributed by atoms with Crippen molar-refractivity contribution in [3.8, 4) is 17.0 Å². The van der Waals surface area contributed by atoms with Crippen LogP contribution in [0.1, 0.15) is 64.6 Å². The van der Waals surface area contributed by atoms with Crippen molar-refractivity contribution in [3.63, 3.8) is 0 Å². The van der Waals surface area contributed by atoms with Crippen LogP contribution in [0.2, 0.25) is 0 Å². The SMILES string of the molecule is CC(C)Oc1cn(C23CC(C2)C3)c(=O)c2cc(-c3nc(C4CC(C)(O)C4)n4ccnc(N)c34)ccc12. The van der Waals surface area contributed by atoms with Gasteiger partial charge in [-0.1, -0.05) is 6.07 Å². The fraction of sp³-hybridized carbons (Fsp3) is 0.464. The van der Waals surface area contributed by atoms with Crippen molar-refractivity contribution in [2.75, 3.05) is 5.73 Å². The zero-order chi connectivity index (χ0) is 25.0. The largest absolute Gasteiger partial charge is 0.489 e. The van der Waals surface area contributed by atoms with Crippen molar-refractivity contribution in [2.24, 2.45) is 5.92 Å². The van der Waals surface area contributed by atoms with Gasteiger partial charge < -0.3 is 20.1 Å². The van der Waals surface area contributed by atoms with Crippen molar-refractivity contribution in [1.29, 1.82) is 0 Å². The first kappa shape index (κ1) is 21.9. The molecule has 3 aromatic heterocycles. The molecule has 0 unspecified atom stereocenters. The number of aliphatic hydroxyl groups is 1. The maximum absolute atomic E-state index is 13.8. The first-order valence-electron chi connectivity index (χ1n) is 12.9. The van der Waals surface area contributed by atoms with Crippen LogP contribution in [0.3, 0.4) is 0 Å². The third-order valence-electron chi connectivity index (χ3n) is 8.48. The molecule has 0 amide bonds. The zero-order valence-electron chi connectivity index (χ0n) is 20.9. The van der Waals surface area contributed by atoms with Gasteiger partial charge in [0.15, 0.2) is 0 Å². The Balaban J connectivity index is 1.42. The summed E-state index contributed by atoms with van der Waals surface area (Å²) >= 11 is 0. The number of fused-ring (bicyclic) bond motifs is 2. The molecule has 4 aromatic rings. The second-order valence-corrected chi connectivity index (χ2v) is 11.8. The van der Waals surface area contributed by atoms with E-state index in [1.165, 1.54) is 0 Å². The van der Waals surface area contributed by atoms with Gasteiger partial charge in [-0.3, -0.25) is 9.20 Å². The Labute approximate surface area is 208 Å². The normalized spacial score (nSPS) is 28.7. The van der Waals surface area contributed by atoms with E-state index in [-0.39, 0.29) is 23.1 Å². The van der Waals surface area contributed by atoms with Crippen LogP contribution in [0.15, 0.2) is 41.6 Å². The van der Waals surface area contributed by atoms with Crippen LogP contribution in [-0.2, 0) is 5.54 Å². The molecule has 4 aliphatic rings. The maximum atomic E-state index is 13.8. The minimum Gasteiger partial charge on any atom is -0.489 e. The first-order chi connectivity index (χ1) is 17.1. The summed E-state index contributed by atoms with van der Waals surface area (Å²) in [6.45, 7) is 5.86. The van der Waals surface area contributed by atoms with Gasteiger partial charge in [-0.25, -0.2) is 9.97 Å². The summed E-state index contributed by atoms with van der Waals surface area (Å²) in [5.41, 5.74) is 7.90.